The van der Waals surface area contributed by atoms with Crippen LogP contribution in [0.15, 0.2) is 34.6 Å². The van der Waals surface area contributed by atoms with E-state index >= 15 is 0 Å². The molecule has 0 atom stereocenters. The van der Waals surface area contributed by atoms with Crippen LogP contribution >= 0.6 is 11.8 Å². The van der Waals surface area contributed by atoms with E-state index in [1.54, 1.807) is 11.8 Å². The van der Waals surface area contributed by atoms with Crippen LogP contribution in [0.1, 0.15) is 24.5 Å². The van der Waals surface area contributed by atoms with E-state index in [0.29, 0.717) is 0 Å². The Morgan fingerprint density at radius 2 is 2.08 bits per heavy atom. The SMILES string of the molecule is C=C(CC)Sc1cc(C)ccc1C. The molecule has 0 aliphatic carbocycles. The molecule has 13 heavy (non-hydrogen) atoms. The molecule has 1 aromatic rings. The van der Waals surface area contributed by atoms with E-state index in [9.17, 15) is 0 Å². The number of hydrogen-bond acceptors (Lipinski definition) is 1. The van der Waals surface area contributed by atoms with Gasteiger partial charge < -0.3 is 0 Å². The molecule has 0 saturated carbocycles. The van der Waals surface area contributed by atoms with Gasteiger partial charge >= 0.3 is 0 Å². The van der Waals surface area contributed by atoms with Gasteiger partial charge in [0.15, 0.2) is 0 Å². The molecular formula is C12H16S. The molecule has 1 rings (SSSR count). The van der Waals surface area contributed by atoms with Gasteiger partial charge in [-0.05, 0) is 42.4 Å². The molecule has 0 aliphatic rings. The van der Waals surface area contributed by atoms with Crippen molar-refractivity contribution in [2.75, 3.05) is 0 Å². The van der Waals surface area contributed by atoms with Crippen molar-refractivity contribution < 1.29 is 0 Å². The summed E-state index contributed by atoms with van der Waals surface area (Å²) in [7, 11) is 0. The van der Waals surface area contributed by atoms with Crippen molar-refractivity contribution in [1.29, 1.82) is 0 Å². The van der Waals surface area contributed by atoms with Crippen molar-refractivity contribution in [3.05, 3.63) is 40.8 Å². The molecular weight excluding hydrogens is 176 g/mol. The zero-order valence-corrected chi connectivity index (χ0v) is 9.37. The Morgan fingerprint density at radius 3 is 2.69 bits per heavy atom. The lowest BCUT2D eigenvalue weighted by Crippen LogP contribution is -1.81. The zero-order valence-electron chi connectivity index (χ0n) is 8.55. The first kappa shape index (κ1) is 10.4. The zero-order chi connectivity index (χ0) is 9.84. The Balaban J connectivity index is 2.87. The summed E-state index contributed by atoms with van der Waals surface area (Å²) in [5, 5.41) is 0. The quantitative estimate of drug-likeness (QED) is 0.643. The third-order valence-corrected chi connectivity index (χ3v) is 3.23. The maximum atomic E-state index is 4.00. The number of benzene rings is 1. The summed E-state index contributed by atoms with van der Waals surface area (Å²) in [6, 6.07) is 6.54. The van der Waals surface area contributed by atoms with Gasteiger partial charge in [0.25, 0.3) is 0 Å². The molecule has 0 aliphatic heterocycles. The summed E-state index contributed by atoms with van der Waals surface area (Å²) >= 11 is 1.79. The van der Waals surface area contributed by atoms with Crippen molar-refractivity contribution in [1.82, 2.24) is 0 Å². The van der Waals surface area contributed by atoms with Crippen LogP contribution in [0.25, 0.3) is 0 Å². The van der Waals surface area contributed by atoms with E-state index in [0.717, 1.165) is 6.42 Å². The van der Waals surface area contributed by atoms with Gasteiger partial charge in [0.05, 0.1) is 0 Å². The highest BCUT2D eigenvalue weighted by molar-refractivity contribution is 8.03. The first-order valence-corrected chi connectivity index (χ1v) is 5.38. The van der Waals surface area contributed by atoms with Crippen LogP contribution < -0.4 is 0 Å². The van der Waals surface area contributed by atoms with Gasteiger partial charge in [-0.2, -0.15) is 0 Å². The smallest absolute Gasteiger partial charge is 0.0150 e. The third kappa shape index (κ3) is 2.92. The molecule has 0 aromatic heterocycles. The molecule has 0 radical (unpaired) electrons. The van der Waals surface area contributed by atoms with Gasteiger partial charge in [-0.25, -0.2) is 0 Å². The van der Waals surface area contributed by atoms with E-state index in [-0.39, 0.29) is 0 Å². The largest absolute Gasteiger partial charge is 0.0949 e. The van der Waals surface area contributed by atoms with E-state index in [2.05, 4.69) is 45.5 Å². The fraction of sp³-hybridized carbons (Fsp3) is 0.333. The van der Waals surface area contributed by atoms with Crippen LogP contribution in [0, 0.1) is 13.8 Å². The van der Waals surface area contributed by atoms with Gasteiger partial charge in [-0.1, -0.05) is 37.4 Å². The Bertz CT molecular complexity index is 313. The maximum absolute atomic E-state index is 4.00. The second kappa shape index (κ2) is 4.52. The van der Waals surface area contributed by atoms with Crippen molar-refractivity contribution in [2.45, 2.75) is 32.1 Å². The van der Waals surface area contributed by atoms with E-state index in [1.165, 1.54) is 20.9 Å². The lowest BCUT2D eigenvalue weighted by molar-refractivity contribution is 1.20. The Labute approximate surface area is 85.1 Å². The minimum Gasteiger partial charge on any atom is -0.0949 e. The second-order valence-electron chi connectivity index (χ2n) is 3.26. The lowest BCUT2D eigenvalue weighted by Gasteiger charge is -2.07. The fourth-order valence-electron chi connectivity index (χ4n) is 1.04. The average Bonchev–Trinajstić information content (AvgIpc) is 2.11. The molecule has 0 N–H and O–H groups in total. The van der Waals surface area contributed by atoms with Gasteiger partial charge in [-0.15, -0.1) is 0 Å². The minimum atomic E-state index is 1.04. The molecule has 0 bridgehead atoms. The Morgan fingerprint density at radius 1 is 1.38 bits per heavy atom. The summed E-state index contributed by atoms with van der Waals surface area (Å²) in [6.07, 6.45) is 1.04. The summed E-state index contributed by atoms with van der Waals surface area (Å²) in [5.41, 5.74) is 2.65. The number of hydrogen-bond donors (Lipinski definition) is 0. The number of thioether (sulfide) groups is 1. The molecule has 0 nitrogen and oxygen atoms in total. The van der Waals surface area contributed by atoms with E-state index in [1.807, 2.05) is 0 Å². The standard InChI is InChI=1S/C12H16S/c1-5-11(4)13-12-8-9(2)6-7-10(12)3/h6-8H,4-5H2,1-3H3. The normalized spacial score (nSPS) is 10.1. The predicted molar refractivity (Wildman–Crippen MR) is 61.2 cm³/mol. The van der Waals surface area contributed by atoms with Gasteiger partial charge in [0.1, 0.15) is 0 Å². The van der Waals surface area contributed by atoms with Crippen molar-refractivity contribution >= 4 is 11.8 Å². The molecule has 70 valence electrons. The lowest BCUT2D eigenvalue weighted by atomic mass is 10.2. The monoisotopic (exact) mass is 192 g/mol. The topological polar surface area (TPSA) is 0 Å². The van der Waals surface area contributed by atoms with Gasteiger partial charge in [0.2, 0.25) is 0 Å². The fourth-order valence-corrected chi connectivity index (χ4v) is 1.97. The number of rotatable bonds is 3. The first-order chi connectivity index (χ1) is 6.13. The molecule has 0 heterocycles. The molecule has 0 unspecified atom stereocenters. The van der Waals surface area contributed by atoms with Gasteiger partial charge in [0, 0.05) is 4.90 Å². The van der Waals surface area contributed by atoms with Crippen molar-refractivity contribution in [2.24, 2.45) is 0 Å². The van der Waals surface area contributed by atoms with E-state index < -0.39 is 0 Å². The van der Waals surface area contributed by atoms with E-state index in [4.69, 9.17) is 0 Å². The molecule has 0 spiro atoms. The molecule has 0 fully saturated rings. The van der Waals surface area contributed by atoms with Crippen LogP contribution in [0.4, 0.5) is 0 Å². The average molecular weight is 192 g/mol. The van der Waals surface area contributed by atoms with Crippen LogP contribution in [0.5, 0.6) is 0 Å². The minimum absolute atomic E-state index is 1.04. The maximum Gasteiger partial charge on any atom is 0.0150 e. The molecule has 1 aromatic carbocycles. The first-order valence-electron chi connectivity index (χ1n) is 4.56. The van der Waals surface area contributed by atoms with Crippen LogP contribution in [0.3, 0.4) is 0 Å². The number of aryl methyl sites for hydroxylation is 2. The Hall–Kier alpha value is -0.690. The summed E-state index contributed by atoms with van der Waals surface area (Å²) < 4.78 is 0. The highest BCUT2D eigenvalue weighted by Gasteiger charge is 2.00. The highest BCUT2D eigenvalue weighted by Crippen LogP contribution is 2.30. The number of allylic oxidation sites excluding steroid dienone is 1. The van der Waals surface area contributed by atoms with Crippen LogP contribution in [0.2, 0.25) is 0 Å². The third-order valence-electron chi connectivity index (χ3n) is 1.99. The second-order valence-corrected chi connectivity index (χ2v) is 4.48. The van der Waals surface area contributed by atoms with Gasteiger partial charge in [-0.3, -0.25) is 0 Å². The summed E-state index contributed by atoms with van der Waals surface area (Å²) in [5.74, 6) is 0. The van der Waals surface area contributed by atoms with Crippen LogP contribution in [-0.2, 0) is 0 Å². The molecule has 0 saturated heterocycles. The van der Waals surface area contributed by atoms with Crippen molar-refractivity contribution in [3.8, 4) is 0 Å². The summed E-state index contributed by atoms with van der Waals surface area (Å²) in [6.45, 7) is 10.4. The van der Waals surface area contributed by atoms with Crippen molar-refractivity contribution in [3.63, 3.8) is 0 Å². The molecule has 0 amide bonds. The van der Waals surface area contributed by atoms with Crippen LogP contribution in [-0.4, -0.2) is 0 Å². The Kier molecular flexibility index (Phi) is 3.61. The highest BCUT2D eigenvalue weighted by atomic mass is 32.2. The summed E-state index contributed by atoms with van der Waals surface area (Å²) in [4.78, 5) is 2.57. The molecule has 1 heteroatoms. The predicted octanol–water partition coefficient (Wildman–Crippen LogP) is 4.32.